The molecule has 0 saturated heterocycles. The molecule has 0 spiro atoms. The van der Waals surface area contributed by atoms with Crippen molar-refractivity contribution in [1.82, 2.24) is 0 Å². The van der Waals surface area contributed by atoms with E-state index in [1.807, 2.05) is 31.2 Å². The van der Waals surface area contributed by atoms with Crippen molar-refractivity contribution in [2.45, 2.75) is 25.2 Å². The summed E-state index contributed by atoms with van der Waals surface area (Å²) in [5.41, 5.74) is 2.86. The summed E-state index contributed by atoms with van der Waals surface area (Å²) in [5, 5.41) is 0. The van der Waals surface area contributed by atoms with Gasteiger partial charge < -0.3 is 0 Å². The van der Waals surface area contributed by atoms with Gasteiger partial charge >= 0.3 is 0 Å². The molecule has 22 heavy (non-hydrogen) atoms. The number of aryl methyl sites for hydroxylation is 2. The summed E-state index contributed by atoms with van der Waals surface area (Å²) in [7, 11) is -3.59. The Hall–Kier alpha value is -2.07. The lowest BCUT2D eigenvalue weighted by molar-refractivity contribution is 0.593. The molecule has 2 aromatic carbocycles. The molecular weight excluding hydrogens is 294 g/mol. The van der Waals surface area contributed by atoms with Gasteiger partial charge in [0.25, 0.3) is 10.0 Å². The predicted molar refractivity (Wildman–Crippen MR) is 91.7 cm³/mol. The van der Waals surface area contributed by atoms with Crippen LogP contribution in [0.5, 0.6) is 0 Å². The number of nitrogens with zero attached hydrogens (tertiary/aromatic N) is 1. The first-order chi connectivity index (χ1) is 10.5. The number of hydrogen-bond donors (Lipinski definition) is 0. The van der Waals surface area contributed by atoms with Crippen molar-refractivity contribution in [3.05, 3.63) is 72.3 Å². The van der Waals surface area contributed by atoms with Crippen LogP contribution in [-0.2, 0) is 16.4 Å². The molecule has 0 aliphatic carbocycles. The average Bonchev–Trinajstić information content (AvgIpc) is 2.53. The van der Waals surface area contributed by atoms with Crippen molar-refractivity contribution in [3.8, 4) is 0 Å². The van der Waals surface area contributed by atoms with Gasteiger partial charge in [0.2, 0.25) is 0 Å². The lowest BCUT2D eigenvalue weighted by Gasteiger charge is -2.23. The maximum Gasteiger partial charge on any atom is 0.264 e. The second kappa shape index (κ2) is 6.79. The highest BCUT2D eigenvalue weighted by Gasteiger charge is 2.23. The highest BCUT2D eigenvalue weighted by atomic mass is 32.2. The Morgan fingerprint density at radius 1 is 1.05 bits per heavy atom. The Bertz CT molecular complexity index is 732. The monoisotopic (exact) mass is 315 g/mol. The average molecular weight is 315 g/mol. The number of hydrogen-bond acceptors (Lipinski definition) is 2. The van der Waals surface area contributed by atoms with Crippen molar-refractivity contribution in [2.75, 3.05) is 10.8 Å². The predicted octanol–water partition coefficient (Wildman–Crippen LogP) is 3.94. The van der Waals surface area contributed by atoms with E-state index in [2.05, 4.69) is 13.5 Å². The van der Waals surface area contributed by atoms with E-state index >= 15 is 0 Å². The normalized spacial score (nSPS) is 11.2. The Morgan fingerprint density at radius 3 is 2.14 bits per heavy atom. The van der Waals surface area contributed by atoms with Crippen LogP contribution in [0.15, 0.2) is 66.1 Å². The molecule has 0 bridgehead atoms. The second-order valence-electron chi connectivity index (χ2n) is 5.16. The molecular formula is C18H21NO2S. The summed E-state index contributed by atoms with van der Waals surface area (Å²) in [4.78, 5) is 0.291. The number of benzene rings is 2. The zero-order chi connectivity index (χ0) is 16.2. The zero-order valence-corrected chi connectivity index (χ0v) is 13.8. The molecule has 0 N–H and O–H groups in total. The number of sulfonamides is 1. The molecule has 0 aliphatic heterocycles. The molecule has 0 saturated carbocycles. The molecule has 116 valence electrons. The minimum atomic E-state index is -3.59. The van der Waals surface area contributed by atoms with E-state index in [9.17, 15) is 8.42 Å². The molecule has 3 nitrogen and oxygen atoms in total. The SMILES string of the molecule is C=CCN(c1ccc(CC)cc1)S(=O)(=O)c1ccc(C)cc1. The highest BCUT2D eigenvalue weighted by Crippen LogP contribution is 2.24. The van der Waals surface area contributed by atoms with Gasteiger partial charge in [-0.3, -0.25) is 4.31 Å². The molecule has 0 amide bonds. The van der Waals surface area contributed by atoms with Crippen LogP contribution >= 0.6 is 0 Å². The van der Waals surface area contributed by atoms with E-state index in [0.29, 0.717) is 10.6 Å². The van der Waals surface area contributed by atoms with Crippen molar-refractivity contribution in [1.29, 1.82) is 0 Å². The van der Waals surface area contributed by atoms with Crippen LogP contribution in [0.4, 0.5) is 5.69 Å². The summed E-state index contributed by atoms with van der Waals surface area (Å²) in [5.74, 6) is 0. The van der Waals surface area contributed by atoms with E-state index in [1.165, 1.54) is 9.87 Å². The molecule has 0 aliphatic rings. The zero-order valence-electron chi connectivity index (χ0n) is 13.0. The van der Waals surface area contributed by atoms with Crippen molar-refractivity contribution in [2.24, 2.45) is 0 Å². The topological polar surface area (TPSA) is 37.4 Å². The Morgan fingerprint density at radius 2 is 1.64 bits per heavy atom. The van der Waals surface area contributed by atoms with Gasteiger partial charge in [-0.1, -0.05) is 42.8 Å². The summed E-state index contributed by atoms with van der Waals surface area (Å²) in [6, 6.07) is 14.5. The lowest BCUT2D eigenvalue weighted by atomic mass is 10.1. The van der Waals surface area contributed by atoms with Crippen LogP contribution in [0.2, 0.25) is 0 Å². The molecule has 4 heteroatoms. The Balaban J connectivity index is 2.45. The van der Waals surface area contributed by atoms with Crippen LogP contribution in [0.1, 0.15) is 18.1 Å². The van der Waals surface area contributed by atoms with Gasteiger partial charge in [0.15, 0.2) is 0 Å². The van der Waals surface area contributed by atoms with Crippen LogP contribution in [0.3, 0.4) is 0 Å². The third-order valence-corrected chi connectivity index (χ3v) is 5.34. The molecule has 0 unspecified atom stereocenters. The molecule has 0 atom stereocenters. The first-order valence-corrected chi connectivity index (χ1v) is 8.72. The second-order valence-corrected chi connectivity index (χ2v) is 7.02. The van der Waals surface area contributed by atoms with Gasteiger partial charge in [0.1, 0.15) is 0 Å². The number of rotatable bonds is 6. The quantitative estimate of drug-likeness (QED) is 0.757. The Labute approximate surface area is 133 Å². The van der Waals surface area contributed by atoms with Crippen LogP contribution in [-0.4, -0.2) is 15.0 Å². The minimum Gasteiger partial charge on any atom is -0.263 e. The first-order valence-electron chi connectivity index (χ1n) is 7.28. The molecule has 2 rings (SSSR count). The van der Waals surface area contributed by atoms with Gasteiger partial charge in [0.05, 0.1) is 17.1 Å². The minimum absolute atomic E-state index is 0.238. The lowest BCUT2D eigenvalue weighted by Crippen LogP contribution is -2.31. The maximum absolute atomic E-state index is 12.9. The molecule has 0 aromatic heterocycles. The van der Waals surface area contributed by atoms with Crippen molar-refractivity contribution < 1.29 is 8.42 Å². The van der Waals surface area contributed by atoms with Gasteiger partial charge in [-0.25, -0.2) is 8.42 Å². The van der Waals surface area contributed by atoms with Gasteiger partial charge in [-0.2, -0.15) is 0 Å². The fraction of sp³-hybridized carbons (Fsp3) is 0.222. The highest BCUT2D eigenvalue weighted by molar-refractivity contribution is 7.92. The number of anilines is 1. The Kier molecular flexibility index (Phi) is 5.03. The first kappa shape index (κ1) is 16.3. The standard InChI is InChI=1S/C18H21NO2S/c1-4-14-19(17-10-8-16(5-2)9-11-17)22(20,21)18-12-6-15(3)7-13-18/h4,6-13H,1,5,14H2,2-3H3. The summed E-state index contributed by atoms with van der Waals surface area (Å²) in [6.45, 7) is 7.91. The third kappa shape index (κ3) is 3.39. The van der Waals surface area contributed by atoms with Crippen LogP contribution < -0.4 is 4.31 Å². The van der Waals surface area contributed by atoms with Crippen molar-refractivity contribution in [3.63, 3.8) is 0 Å². The van der Waals surface area contributed by atoms with Crippen LogP contribution in [0, 0.1) is 6.92 Å². The molecule has 2 aromatic rings. The smallest absolute Gasteiger partial charge is 0.263 e. The third-order valence-electron chi connectivity index (χ3n) is 3.54. The van der Waals surface area contributed by atoms with Gasteiger partial charge in [-0.05, 0) is 43.2 Å². The van der Waals surface area contributed by atoms with E-state index in [-0.39, 0.29) is 6.54 Å². The summed E-state index contributed by atoms with van der Waals surface area (Å²) < 4.78 is 27.1. The molecule has 0 fully saturated rings. The van der Waals surface area contributed by atoms with Crippen molar-refractivity contribution >= 4 is 15.7 Å². The summed E-state index contributed by atoms with van der Waals surface area (Å²) >= 11 is 0. The van der Waals surface area contributed by atoms with Gasteiger partial charge in [-0.15, -0.1) is 6.58 Å². The summed E-state index contributed by atoms with van der Waals surface area (Å²) in [6.07, 6.45) is 2.52. The molecule has 0 radical (unpaired) electrons. The largest absolute Gasteiger partial charge is 0.264 e. The van der Waals surface area contributed by atoms with Gasteiger partial charge in [0, 0.05) is 0 Å². The maximum atomic E-state index is 12.9. The van der Waals surface area contributed by atoms with Crippen LogP contribution in [0.25, 0.3) is 0 Å². The molecule has 0 heterocycles. The van der Waals surface area contributed by atoms with E-state index < -0.39 is 10.0 Å². The van der Waals surface area contributed by atoms with E-state index in [1.54, 1.807) is 30.3 Å². The fourth-order valence-corrected chi connectivity index (χ4v) is 3.63. The fourth-order valence-electron chi connectivity index (χ4n) is 2.19. The van der Waals surface area contributed by atoms with E-state index in [4.69, 9.17) is 0 Å². The van der Waals surface area contributed by atoms with E-state index in [0.717, 1.165) is 12.0 Å².